The summed E-state index contributed by atoms with van der Waals surface area (Å²) >= 11 is 6.34. The molecule has 2 aliphatic rings. The third-order valence-electron chi connectivity index (χ3n) is 4.27. The molecule has 0 N–H and O–H groups in total. The van der Waals surface area contributed by atoms with E-state index in [1.807, 2.05) is 0 Å². The Morgan fingerprint density at radius 2 is 2.22 bits per heavy atom. The van der Waals surface area contributed by atoms with Crippen LogP contribution in [0.25, 0.3) is 16.5 Å². The highest BCUT2D eigenvalue weighted by Gasteiger charge is 2.30. The van der Waals surface area contributed by atoms with Gasteiger partial charge in [-0.3, -0.25) is 4.90 Å². The van der Waals surface area contributed by atoms with E-state index in [2.05, 4.69) is 47.0 Å². The first-order valence-corrected chi connectivity index (χ1v) is 6.81. The molecular formula is C15H15ClN2. The Balaban J connectivity index is 2.05. The van der Waals surface area contributed by atoms with Crippen LogP contribution in [-0.4, -0.2) is 29.1 Å². The van der Waals surface area contributed by atoms with Crippen molar-refractivity contribution in [3.05, 3.63) is 41.1 Å². The quantitative estimate of drug-likeness (QED) is 0.703. The molecule has 0 spiro atoms. The molecule has 1 aromatic carbocycles. The lowest BCUT2D eigenvalue weighted by atomic mass is 9.89. The summed E-state index contributed by atoms with van der Waals surface area (Å²) in [5, 5.41) is 2.05. The Labute approximate surface area is 111 Å². The lowest BCUT2D eigenvalue weighted by molar-refractivity contribution is 0.261. The molecule has 3 heterocycles. The summed E-state index contributed by atoms with van der Waals surface area (Å²) in [6.45, 7) is 2.16. The van der Waals surface area contributed by atoms with Crippen LogP contribution in [0.2, 0.25) is 5.02 Å². The van der Waals surface area contributed by atoms with Crippen LogP contribution in [0.4, 0.5) is 0 Å². The molecule has 92 valence electrons. The lowest BCUT2D eigenvalue weighted by Gasteiger charge is -2.37. The van der Waals surface area contributed by atoms with E-state index in [1.54, 1.807) is 0 Å². The molecule has 1 atom stereocenters. The molecule has 0 aliphatic carbocycles. The Morgan fingerprint density at radius 1 is 1.33 bits per heavy atom. The summed E-state index contributed by atoms with van der Waals surface area (Å²) in [7, 11) is 2.22. The van der Waals surface area contributed by atoms with Gasteiger partial charge in [-0.15, -0.1) is 0 Å². The van der Waals surface area contributed by atoms with E-state index in [9.17, 15) is 0 Å². The maximum Gasteiger partial charge on any atom is 0.0661 e. The summed E-state index contributed by atoms with van der Waals surface area (Å²) in [6.07, 6.45) is 5.63. The third kappa shape index (κ3) is 1.28. The second kappa shape index (κ2) is 3.62. The van der Waals surface area contributed by atoms with Gasteiger partial charge in [-0.2, -0.15) is 0 Å². The van der Waals surface area contributed by atoms with Crippen molar-refractivity contribution >= 4 is 28.1 Å². The van der Waals surface area contributed by atoms with E-state index in [1.165, 1.54) is 22.0 Å². The first-order valence-electron chi connectivity index (χ1n) is 6.44. The molecule has 0 radical (unpaired) electrons. The molecule has 0 fully saturated rings. The van der Waals surface area contributed by atoms with Crippen LogP contribution in [0.3, 0.4) is 0 Å². The van der Waals surface area contributed by atoms with Gasteiger partial charge in [-0.05, 0) is 19.0 Å². The Morgan fingerprint density at radius 3 is 3.11 bits per heavy atom. The molecule has 0 saturated carbocycles. The smallest absolute Gasteiger partial charge is 0.0661 e. The predicted molar refractivity (Wildman–Crippen MR) is 76.0 cm³/mol. The molecule has 0 saturated heterocycles. The molecule has 0 bridgehead atoms. The van der Waals surface area contributed by atoms with Gasteiger partial charge in [0.15, 0.2) is 0 Å². The summed E-state index contributed by atoms with van der Waals surface area (Å²) in [4.78, 5) is 2.45. The van der Waals surface area contributed by atoms with Gasteiger partial charge in [-0.1, -0.05) is 35.9 Å². The zero-order valence-electron chi connectivity index (χ0n) is 10.4. The number of halogens is 1. The minimum Gasteiger partial charge on any atom is -0.344 e. The van der Waals surface area contributed by atoms with E-state index in [4.69, 9.17) is 11.6 Å². The molecule has 2 aliphatic heterocycles. The number of para-hydroxylation sites is 1. The van der Waals surface area contributed by atoms with E-state index in [-0.39, 0.29) is 0 Å². The zero-order valence-corrected chi connectivity index (χ0v) is 11.1. The van der Waals surface area contributed by atoms with Crippen molar-refractivity contribution in [2.45, 2.75) is 19.0 Å². The maximum absolute atomic E-state index is 6.34. The van der Waals surface area contributed by atoms with Gasteiger partial charge in [0, 0.05) is 30.2 Å². The Hall–Kier alpha value is -1.25. The van der Waals surface area contributed by atoms with Crippen molar-refractivity contribution in [1.29, 1.82) is 0 Å². The Kier molecular flexibility index (Phi) is 2.14. The van der Waals surface area contributed by atoms with Crippen molar-refractivity contribution < 1.29 is 0 Å². The molecule has 18 heavy (non-hydrogen) atoms. The van der Waals surface area contributed by atoms with E-state index in [0.29, 0.717) is 6.04 Å². The normalized spacial score (nSPS) is 23.0. The van der Waals surface area contributed by atoms with Gasteiger partial charge < -0.3 is 4.57 Å². The van der Waals surface area contributed by atoms with Gasteiger partial charge in [-0.25, -0.2) is 0 Å². The monoisotopic (exact) mass is 258 g/mol. The molecule has 2 nitrogen and oxygen atoms in total. The lowest BCUT2D eigenvalue weighted by Crippen LogP contribution is -2.41. The van der Waals surface area contributed by atoms with Crippen LogP contribution in [-0.2, 0) is 6.54 Å². The molecule has 4 rings (SSSR count). The van der Waals surface area contributed by atoms with Crippen LogP contribution in [0, 0.1) is 0 Å². The zero-order chi connectivity index (χ0) is 12.3. The summed E-state index contributed by atoms with van der Waals surface area (Å²) < 4.78 is 2.32. The SMILES string of the molecule is CN1CCC=C2c3cccc4c(Cl)cn(c34)CC21. The average Bonchev–Trinajstić information content (AvgIpc) is 2.70. The highest BCUT2D eigenvalue weighted by atomic mass is 35.5. The number of benzene rings is 1. The summed E-state index contributed by atoms with van der Waals surface area (Å²) in [6, 6.07) is 6.96. The van der Waals surface area contributed by atoms with E-state index >= 15 is 0 Å². The highest BCUT2D eigenvalue weighted by molar-refractivity contribution is 6.36. The first-order chi connectivity index (χ1) is 8.75. The average molecular weight is 259 g/mol. The van der Waals surface area contributed by atoms with Crippen molar-refractivity contribution in [2.24, 2.45) is 0 Å². The minimum atomic E-state index is 0.500. The number of rotatable bonds is 0. The number of likely N-dealkylation sites (N-methyl/N-ethyl adjacent to an activating group) is 1. The van der Waals surface area contributed by atoms with Crippen molar-refractivity contribution in [3.63, 3.8) is 0 Å². The van der Waals surface area contributed by atoms with Crippen LogP contribution >= 0.6 is 11.6 Å². The molecule has 1 unspecified atom stereocenters. The standard InChI is InChI=1S/C15H15ClN2/c1-17-7-3-6-10-11-4-2-5-12-13(16)8-18(15(11)12)9-14(10)17/h2,4-6,8,14H,3,7,9H2,1H3. The second-order valence-electron chi connectivity index (χ2n) is 5.28. The number of aromatic nitrogens is 1. The van der Waals surface area contributed by atoms with Crippen LogP contribution in [0.15, 0.2) is 30.5 Å². The van der Waals surface area contributed by atoms with Crippen molar-refractivity contribution in [3.8, 4) is 0 Å². The van der Waals surface area contributed by atoms with Crippen molar-refractivity contribution in [2.75, 3.05) is 13.6 Å². The predicted octanol–water partition coefficient (Wildman–Crippen LogP) is 3.40. The summed E-state index contributed by atoms with van der Waals surface area (Å²) in [5.41, 5.74) is 4.15. The fourth-order valence-corrected chi connectivity index (χ4v) is 3.63. The molecule has 0 amide bonds. The minimum absolute atomic E-state index is 0.500. The van der Waals surface area contributed by atoms with Crippen molar-refractivity contribution in [1.82, 2.24) is 9.47 Å². The van der Waals surface area contributed by atoms with Gasteiger partial charge in [0.05, 0.1) is 16.6 Å². The Bertz CT molecular complexity index is 668. The second-order valence-corrected chi connectivity index (χ2v) is 5.68. The number of nitrogens with zero attached hydrogens (tertiary/aromatic N) is 2. The molecule has 3 heteroatoms. The fourth-order valence-electron chi connectivity index (χ4n) is 3.36. The first kappa shape index (κ1) is 10.7. The number of hydrogen-bond acceptors (Lipinski definition) is 1. The largest absolute Gasteiger partial charge is 0.344 e. The molecule has 1 aromatic heterocycles. The topological polar surface area (TPSA) is 8.17 Å². The fraction of sp³-hybridized carbons (Fsp3) is 0.333. The van der Waals surface area contributed by atoms with Crippen LogP contribution in [0.1, 0.15) is 12.0 Å². The maximum atomic E-state index is 6.34. The molecule has 2 aromatic rings. The summed E-state index contributed by atoms with van der Waals surface area (Å²) in [5.74, 6) is 0. The highest BCUT2D eigenvalue weighted by Crippen LogP contribution is 2.39. The third-order valence-corrected chi connectivity index (χ3v) is 4.57. The van der Waals surface area contributed by atoms with Gasteiger partial charge in [0.25, 0.3) is 0 Å². The number of fused-ring (bicyclic) bond motifs is 2. The number of hydrogen-bond donors (Lipinski definition) is 0. The van der Waals surface area contributed by atoms with E-state index in [0.717, 1.165) is 24.5 Å². The van der Waals surface area contributed by atoms with Crippen LogP contribution < -0.4 is 0 Å². The van der Waals surface area contributed by atoms with E-state index < -0.39 is 0 Å². The molecular weight excluding hydrogens is 244 g/mol. The van der Waals surface area contributed by atoms with Crippen LogP contribution in [0.5, 0.6) is 0 Å². The van der Waals surface area contributed by atoms with Gasteiger partial charge in [0.1, 0.15) is 0 Å². The van der Waals surface area contributed by atoms with Gasteiger partial charge in [0.2, 0.25) is 0 Å². The van der Waals surface area contributed by atoms with Gasteiger partial charge >= 0.3 is 0 Å².